The van der Waals surface area contributed by atoms with Gasteiger partial charge >= 0.3 is 0 Å². The maximum Gasteiger partial charge on any atom is 0.270 e. The Balaban J connectivity index is 0. The lowest BCUT2D eigenvalue weighted by atomic mass is 11.2. The Hall–Kier alpha value is 0.930. The quantitative estimate of drug-likeness (QED) is 0.682. The van der Waals surface area contributed by atoms with Crippen LogP contribution in [0, 0.1) is 0 Å². The van der Waals surface area contributed by atoms with E-state index in [4.69, 9.17) is 0 Å². The molecule has 0 heterocycles. The molecule has 0 amide bonds. The van der Waals surface area contributed by atoms with Crippen LogP contribution in [0.4, 0.5) is 0 Å². The molecule has 0 aliphatic rings. The maximum atomic E-state index is 4.60. The minimum Gasteiger partial charge on any atom is -0.333 e. The summed E-state index contributed by atoms with van der Waals surface area (Å²) in [7, 11) is 4.53. The topological polar surface area (TPSA) is 27.7 Å². The summed E-state index contributed by atoms with van der Waals surface area (Å²) in [5.74, 6) is 0. The molecule has 0 spiro atoms. The minimum absolute atomic E-state index is 0.514. The summed E-state index contributed by atoms with van der Waals surface area (Å²) >= 11 is 5.69. The summed E-state index contributed by atoms with van der Waals surface area (Å²) in [6.07, 6.45) is 6.41. The number of rotatable bonds is 6. The van der Waals surface area contributed by atoms with E-state index in [0.717, 1.165) is 3.91 Å². The Morgan fingerprint density at radius 2 is 1.00 bits per heavy atom. The highest BCUT2D eigenvalue weighted by atomic mass is 32.3. The third kappa shape index (κ3) is 11.0. The summed E-state index contributed by atoms with van der Waals surface area (Å²) in [4.78, 5) is 0. The van der Waals surface area contributed by atoms with Crippen LogP contribution in [0.2, 0.25) is 0 Å². The Kier molecular flexibility index (Phi) is 17.2. The second-order valence-corrected chi connectivity index (χ2v) is 5.72. The predicted molar refractivity (Wildman–Crippen MR) is 69.1 cm³/mol. The first kappa shape index (κ1) is 17.3. The molecule has 0 radical (unpaired) electrons. The summed E-state index contributed by atoms with van der Waals surface area (Å²) in [5, 5.41) is 0. The van der Waals surface area contributed by atoms with Gasteiger partial charge in [-0.3, -0.25) is 0 Å². The van der Waals surface area contributed by atoms with E-state index in [1.165, 1.54) is 21.3 Å². The largest absolute Gasteiger partial charge is 0.333 e. The van der Waals surface area contributed by atoms with Gasteiger partial charge in [-0.05, 0) is 18.8 Å². The SMILES string of the molecule is COC(OC)OC.CSC(SC)SC. The number of methoxy groups -OCH3 is 3. The molecule has 0 saturated heterocycles. The Labute approximate surface area is 100 Å². The van der Waals surface area contributed by atoms with Crippen molar-refractivity contribution in [1.82, 2.24) is 0 Å². The van der Waals surface area contributed by atoms with Gasteiger partial charge < -0.3 is 14.2 Å². The van der Waals surface area contributed by atoms with E-state index >= 15 is 0 Å². The maximum absolute atomic E-state index is 4.60. The van der Waals surface area contributed by atoms with Crippen LogP contribution in [0.15, 0.2) is 0 Å². The van der Waals surface area contributed by atoms with Crippen molar-refractivity contribution >= 4 is 35.3 Å². The highest BCUT2D eigenvalue weighted by molar-refractivity contribution is 8.31. The highest BCUT2D eigenvalue weighted by Crippen LogP contribution is 2.27. The molecule has 0 aromatic heterocycles. The molecule has 0 unspecified atom stereocenters. The molecule has 88 valence electrons. The average Bonchev–Trinajstić information content (AvgIpc) is 2.24. The first-order valence-electron chi connectivity index (χ1n) is 3.86. The molecule has 0 aromatic carbocycles. The second kappa shape index (κ2) is 13.9. The Morgan fingerprint density at radius 3 is 1.00 bits per heavy atom. The molecule has 14 heavy (non-hydrogen) atoms. The number of ether oxygens (including phenoxy) is 3. The molecular formula is C8H20O3S3. The molecule has 0 aliphatic heterocycles. The molecule has 0 N–H and O–H groups in total. The van der Waals surface area contributed by atoms with E-state index in [1.807, 2.05) is 35.3 Å². The Morgan fingerprint density at radius 1 is 0.714 bits per heavy atom. The molecule has 0 fully saturated rings. The van der Waals surface area contributed by atoms with Crippen molar-refractivity contribution < 1.29 is 14.2 Å². The van der Waals surface area contributed by atoms with Gasteiger partial charge in [0.2, 0.25) is 0 Å². The molecule has 0 bridgehead atoms. The van der Waals surface area contributed by atoms with Crippen LogP contribution in [0.3, 0.4) is 0 Å². The van der Waals surface area contributed by atoms with Crippen molar-refractivity contribution in [3.63, 3.8) is 0 Å². The van der Waals surface area contributed by atoms with Gasteiger partial charge in [-0.15, -0.1) is 35.3 Å². The number of hydrogen-bond donors (Lipinski definition) is 0. The average molecular weight is 260 g/mol. The van der Waals surface area contributed by atoms with Crippen molar-refractivity contribution in [2.75, 3.05) is 40.1 Å². The van der Waals surface area contributed by atoms with Crippen LogP contribution in [-0.4, -0.2) is 50.5 Å². The van der Waals surface area contributed by atoms with Gasteiger partial charge in [-0.25, -0.2) is 0 Å². The summed E-state index contributed by atoms with van der Waals surface area (Å²) < 4.78 is 14.5. The van der Waals surface area contributed by atoms with Crippen LogP contribution in [0.5, 0.6) is 0 Å². The minimum atomic E-state index is -0.514. The van der Waals surface area contributed by atoms with Crippen LogP contribution in [-0.2, 0) is 14.2 Å². The van der Waals surface area contributed by atoms with Gasteiger partial charge in [0.25, 0.3) is 6.48 Å². The van der Waals surface area contributed by atoms with E-state index in [2.05, 4.69) is 33.0 Å². The van der Waals surface area contributed by atoms with E-state index in [9.17, 15) is 0 Å². The van der Waals surface area contributed by atoms with E-state index in [-0.39, 0.29) is 0 Å². The molecule has 0 aromatic rings. The van der Waals surface area contributed by atoms with Crippen molar-refractivity contribution in [3.05, 3.63) is 0 Å². The lowest BCUT2D eigenvalue weighted by Gasteiger charge is -2.08. The van der Waals surface area contributed by atoms with Crippen molar-refractivity contribution in [3.8, 4) is 0 Å². The smallest absolute Gasteiger partial charge is 0.270 e. The van der Waals surface area contributed by atoms with Crippen LogP contribution in [0.25, 0.3) is 0 Å². The highest BCUT2D eigenvalue weighted by Gasteiger charge is 1.97. The van der Waals surface area contributed by atoms with E-state index in [1.54, 1.807) is 0 Å². The summed E-state index contributed by atoms with van der Waals surface area (Å²) in [6, 6.07) is 0. The van der Waals surface area contributed by atoms with Crippen molar-refractivity contribution in [2.24, 2.45) is 0 Å². The summed E-state index contributed by atoms with van der Waals surface area (Å²) in [6.45, 7) is -0.514. The van der Waals surface area contributed by atoms with Crippen LogP contribution in [0.1, 0.15) is 0 Å². The molecule has 0 saturated carbocycles. The van der Waals surface area contributed by atoms with Crippen LogP contribution >= 0.6 is 35.3 Å². The van der Waals surface area contributed by atoms with Gasteiger partial charge in [0.1, 0.15) is 0 Å². The predicted octanol–water partition coefficient (Wildman–Crippen LogP) is 2.57. The molecule has 0 rings (SSSR count). The lowest BCUT2D eigenvalue weighted by molar-refractivity contribution is -0.252. The number of thioether (sulfide) groups is 3. The standard InChI is InChI=1S/C4H10O3.C4H10S3/c2*1-5-4(6-2)7-3/h2*4H,1-3H3. The monoisotopic (exact) mass is 260 g/mol. The zero-order chi connectivity index (χ0) is 11.4. The fourth-order valence-corrected chi connectivity index (χ4v) is 2.89. The fraction of sp³-hybridized carbons (Fsp3) is 1.00. The van der Waals surface area contributed by atoms with E-state index < -0.39 is 6.48 Å². The fourth-order valence-electron chi connectivity index (χ4n) is 0.577. The Bertz CT molecular complexity index is 74.8. The van der Waals surface area contributed by atoms with Crippen molar-refractivity contribution in [1.29, 1.82) is 0 Å². The van der Waals surface area contributed by atoms with Gasteiger partial charge in [-0.2, -0.15) is 0 Å². The zero-order valence-electron chi connectivity index (χ0n) is 9.60. The van der Waals surface area contributed by atoms with E-state index in [0.29, 0.717) is 0 Å². The summed E-state index contributed by atoms with van der Waals surface area (Å²) in [5.41, 5.74) is 0. The number of hydrogen-bond acceptors (Lipinski definition) is 6. The first-order chi connectivity index (χ1) is 6.69. The van der Waals surface area contributed by atoms with Gasteiger partial charge in [-0.1, -0.05) is 0 Å². The van der Waals surface area contributed by atoms with Gasteiger partial charge in [0.05, 0.1) is 3.91 Å². The third-order valence-corrected chi connectivity index (χ3v) is 5.77. The second-order valence-electron chi connectivity index (χ2n) is 1.99. The van der Waals surface area contributed by atoms with Gasteiger partial charge in [0.15, 0.2) is 0 Å². The third-order valence-electron chi connectivity index (χ3n) is 1.15. The molecular weight excluding hydrogens is 240 g/mol. The lowest BCUT2D eigenvalue weighted by Crippen LogP contribution is -2.14. The molecule has 0 atom stereocenters. The van der Waals surface area contributed by atoms with Crippen LogP contribution < -0.4 is 0 Å². The normalized spacial score (nSPS) is 10.3. The van der Waals surface area contributed by atoms with Gasteiger partial charge in [0, 0.05) is 21.3 Å². The molecule has 6 heteroatoms. The zero-order valence-corrected chi connectivity index (χ0v) is 12.1. The molecule has 0 aliphatic carbocycles. The first-order valence-corrected chi connectivity index (χ1v) is 7.73. The van der Waals surface area contributed by atoms with Crippen molar-refractivity contribution in [2.45, 2.75) is 10.4 Å². The molecule has 3 nitrogen and oxygen atoms in total.